The van der Waals surface area contributed by atoms with Gasteiger partial charge in [-0.25, -0.2) is 9.25 Å². The van der Waals surface area contributed by atoms with Crippen molar-refractivity contribution in [3.63, 3.8) is 0 Å². The zero-order valence-electron chi connectivity index (χ0n) is 18.6. The van der Waals surface area contributed by atoms with Gasteiger partial charge in [0.1, 0.15) is 22.9 Å². The molecule has 2 N–H and O–H groups in total. The average molecular weight is 510 g/mol. The second kappa shape index (κ2) is 14.4. The number of aromatic nitrogens is 3. The van der Waals surface area contributed by atoms with Gasteiger partial charge in [0.25, 0.3) is 0 Å². The average Bonchev–Trinajstić information content (AvgIpc) is 3.28. The van der Waals surface area contributed by atoms with E-state index in [0.717, 1.165) is 11.1 Å². The second-order valence-electron chi connectivity index (χ2n) is 6.82. The van der Waals surface area contributed by atoms with Gasteiger partial charge in [0.15, 0.2) is 0 Å². The number of azide groups is 2. The molecule has 188 valence electrons. The quantitative estimate of drug-likeness (QED) is 0.0842. The van der Waals surface area contributed by atoms with Gasteiger partial charge < -0.3 is 19.5 Å². The van der Waals surface area contributed by atoms with E-state index in [9.17, 15) is 14.3 Å². The number of hydrogen-bond acceptors (Lipinski definition) is 10. The molecule has 0 saturated heterocycles. The molecule has 1 heterocycles. The first kappa shape index (κ1) is 27.4. The summed E-state index contributed by atoms with van der Waals surface area (Å²) in [6, 6.07) is 5.56. The maximum Gasteiger partial charge on any atom is 0.533 e. The van der Waals surface area contributed by atoms with Crippen LogP contribution in [-0.4, -0.2) is 52.2 Å². The standard InChI is InChI=1S/C17H23N10O7P/c1-13-7-14(10-17(28)20-3-2-4-33-35(29,30)34-26-23-19)9-16(8-13)27-11-15(21-24-27)12-31-5-6-32-25-22-18/h7-9,11H,2-6,10,12H2,1H3,(H,20,28)(H,29,30). The monoisotopic (exact) mass is 510 g/mol. The van der Waals surface area contributed by atoms with Crippen molar-refractivity contribution < 1.29 is 33.0 Å². The van der Waals surface area contributed by atoms with E-state index in [0.29, 0.717) is 11.4 Å². The minimum Gasteiger partial charge on any atom is -0.431 e. The molecule has 17 nitrogen and oxygen atoms in total. The summed E-state index contributed by atoms with van der Waals surface area (Å²) in [6.45, 7) is 2.40. The van der Waals surface area contributed by atoms with E-state index in [1.165, 1.54) is 0 Å². The highest BCUT2D eigenvalue weighted by molar-refractivity contribution is 7.47. The summed E-state index contributed by atoms with van der Waals surface area (Å²) in [5, 5.41) is 16.3. The Morgan fingerprint density at radius 3 is 2.80 bits per heavy atom. The fraction of sp³-hybridized carbons (Fsp3) is 0.471. The number of ether oxygens (including phenoxy) is 1. The predicted molar refractivity (Wildman–Crippen MR) is 118 cm³/mol. The van der Waals surface area contributed by atoms with Gasteiger partial charge in [-0.3, -0.25) is 14.2 Å². The van der Waals surface area contributed by atoms with Gasteiger partial charge >= 0.3 is 7.82 Å². The fourth-order valence-electron chi connectivity index (χ4n) is 2.72. The Morgan fingerprint density at radius 2 is 2.03 bits per heavy atom. The van der Waals surface area contributed by atoms with Gasteiger partial charge in [-0.05, 0) is 47.7 Å². The predicted octanol–water partition coefficient (Wildman–Crippen LogP) is 2.74. The van der Waals surface area contributed by atoms with Crippen LogP contribution in [0, 0.1) is 6.92 Å². The highest BCUT2D eigenvalue weighted by atomic mass is 31.2. The fourth-order valence-corrected chi connectivity index (χ4v) is 3.25. The van der Waals surface area contributed by atoms with Crippen LogP contribution >= 0.6 is 7.82 Å². The molecule has 0 saturated carbocycles. The first-order valence-electron chi connectivity index (χ1n) is 10.1. The van der Waals surface area contributed by atoms with Gasteiger partial charge in [-0.15, -0.1) is 5.10 Å². The molecule has 2 rings (SSSR count). The van der Waals surface area contributed by atoms with Crippen molar-refractivity contribution in [2.75, 3.05) is 26.4 Å². The summed E-state index contributed by atoms with van der Waals surface area (Å²) < 4.78 is 26.8. The molecule has 1 amide bonds. The van der Waals surface area contributed by atoms with Gasteiger partial charge in [0.05, 0.1) is 38.1 Å². The summed E-state index contributed by atoms with van der Waals surface area (Å²) >= 11 is 0. The molecule has 1 atom stereocenters. The highest BCUT2D eigenvalue weighted by Gasteiger charge is 2.21. The third kappa shape index (κ3) is 10.8. The number of amides is 1. The zero-order valence-corrected chi connectivity index (χ0v) is 19.5. The Hall–Kier alpha value is -3.84. The second-order valence-corrected chi connectivity index (χ2v) is 8.18. The molecule has 18 heteroatoms. The number of nitrogens with zero attached hydrogens (tertiary/aromatic N) is 9. The highest BCUT2D eigenvalue weighted by Crippen LogP contribution is 2.43. The van der Waals surface area contributed by atoms with Crippen molar-refractivity contribution in [3.05, 3.63) is 62.1 Å². The van der Waals surface area contributed by atoms with Crippen LogP contribution in [-0.2, 0) is 41.1 Å². The molecule has 2 aromatic rings. The third-order valence-electron chi connectivity index (χ3n) is 4.03. The van der Waals surface area contributed by atoms with Crippen molar-refractivity contribution in [1.82, 2.24) is 20.3 Å². The molecule has 35 heavy (non-hydrogen) atoms. The summed E-state index contributed by atoms with van der Waals surface area (Å²) in [4.78, 5) is 30.7. The molecule has 0 aliphatic heterocycles. The van der Waals surface area contributed by atoms with Gasteiger partial charge in [-0.2, -0.15) is 0 Å². The lowest BCUT2D eigenvalue weighted by Gasteiger charge is -2.10. The smallest absolute Gasteiger partial charge is 0.431 e. The van der Waals surface area contributed by atoms with Crippen LogP contribution in [0.5, 0.6) is 0 Å². The molecular formula is C17H23N10O7P. The van der Waals surface area contributed by atoms with Gasteiger partial charge in [0.2, 0.25) is 5.91 Å². The summed E-state index contributed by atoms with van der Waals surface area (Å²) in [5.41, 5.74) is 19.1. The lowest BCUT2D eigenvalue weighted by molar-refractivity contribution is -0.120. The third-order valence-corrected chi connectivity index (χ3v) is 4.82. The molecule has 0 bridgehead atoms. The molecule has 0 aliphatic carbocycles. The molecule has 0 radical (unpaired) electrons. The molecular weight excluding hydrogens is 487 g/mol. The van der Waals surface area contributed by atoms with Crippen LogP contribution < -0.4 is 5.32 Å². The molecule has 0 fully saturated rings. The van der Waals surface area contributed by atoms with Crippen LogP contribution in [0.2, 0.25) is 0 Å². The number of nitrogens with one attached hydrogen (secondary N) is 1. The van der Waals surface area contributed by atoms with Crippen LogP contribution in [0.4, 0.5) is 0 Å². The molecule has 1 aromatic heterocycles. The van der Waals surface area contributed by atoms with Crippen molar-refractivity contribution in [2.24, 2.45) is 10.6 Å². The first-order chi connectivity index (χ1) is 16.8. The van der Waals surface area contributed by atoms with Crippen LogP contribution in [0.15, 0.2) is 35.0 Å². The number of rotatable bonds is 16. The SMILES string of the molecule is Cc1cc(CC(=O)NCCCOP(=O)(O)ON=[N+]=[N-])cc(-n2cc(COCCON=[N+]=[N-])nn2)c1. The van der Waals surface area contributed by atoms with E-state index >= 15 is 0 Å². The number of hydrogen-bond donors (Lipinski definition) is 2. The first-order valence-corrected chi connectivity index (χ1v) is 11.6. The summed E-state index contributed by atoms with van der Waals surface area (Å²) in [7, 11) is -4.45. The number of aryl methyl sites for hydroxylation is 1. The summed E-state index contributed by atoms with van der Waals surface area (Å²) in [5.74, 6) is -0.255. The molecule has 0 spiro atoms. The maximum atomic E-state index is 12.3. The maximum absolute atomic E-state index is 12.3. The van der Waals surface area contributed by atoms with E-state index in [1.54, 1.807) is 16.9 Å². The summed E-state index contributed by atoms with van der Waals surface area (Å²) in [6.07, 6.45) is 2.03. The van der Waals surface area contributed by atoms with E-state index in [2.05, 4.69) is 50.0 Å². The lowest BCUT2D eigenvalue weighted by Crippen LogP contribution is -2.26. The largest absolute Gasteiger partial charge is 0.533 e. The van der Waals surface area contributed by atoms with E-state index in [-0.39, 0.29) is 51.7 Å². The van der Waals surface area contributed by atoms with E-state index in [1.807, 2.05) is 19.1 Å². The van der Waals surface area contributed by atoms with Crippen molar-refractivity contribution in [1.29, 1.82) is 0 Å². The van der Waals surface area contributed by atoms with E-state index in [4.69, 9.17) is 15.8 Å². The van der Waals surface area contributed by atoms with Crippen molar-refractivity contribution in [2.45, 2.75) is 26.4 Å². The Morgan fingerprint density at radius 1 is 1.23 bits per heavy atom. The van der Waals surface area contributed by atoms with Crippen molar-refractivity contribution >= 4 is 13.7 Å². The minimum atomic E-state index is -4.45. The Balaban J connectivity index is 1.81. The Kier molecular flexibility index (Phi) is 11.3. The molecule has 1 aromatic carbocycles. The number of carbonyl (C=O) groups is 1. The molecule has 1 unspecified atom stereocenters. The molecule has 0 aliphatic rings. The van der Waals surface area contributed by atoms with Crippen LogP contribution in [0.1, 0.15) is 23.2 Å². The van der Waals surface area contributed by atoms with Gasteiger partial charge in [-0.1, -0.05) is 11.3 Å². The lowest BCUT2D eigenvalue weighted by atomic mass is 10.1. The van der Waals surface area contributed by atoms with Crippen molar-refractivity contribution in [3.8, 4) is 5.69 Å². The van der Waals surface area contributed by atoms with Gasteiger partial charge in [0, 0.05) is 16.4 Å². The van der Waals surface area contributed by atoms with Crippen LogP contribution in [0.25, 0.3) is 26.6 Å². The number of phosphoric ester groups is 1. The van der Waals surface area contributed by atoms with Crippen LogP contribution in [0.3, 0.4) is 0 Å². The number of phosphoric acid groups is 1. The topological polar surface area (TPSA) is 232 Å². The minimum absolute atomic E-state index is 0.101. The Bertz CT molecular complexity index is 1130. The number of benzene rings is 1. The van der Waals surface area contributed by atoms with E-state index < -0.39 is 7.82 Å². The Labute approximate surface area is 198 Å². The normalized spacial score (nSPS) is 12.1. The number of carbonyl (C=O) groups excluding carboxylic acids is 1. The zero-order chi connectivity index (χ0) is 25.5.